The lowest BCUT2D eigenvalue weighted by Gasteiger charge is -2.15. The first-order valence-corrected chi connectivity index (χ1v) is 5.96. The Hall–Kier alpha value is -0.560. The van der Waals surface area contributed by atoms with Gasteiger partial charge in [0.2, 0.25) is 0 Å². The van der Waals surface area contributed by atoms with Crippen LogP contribution in [0.4, 0.5) is 0 Å². The van der Waals surface area contributed by atoms with Crippen molar-refractivity contribution in [1.82, 2.24) is 4.98 Å². The SMILES string of the molecule is CC.Cc1nc(C)c(C(C)C)c(C)c1Cl. The predicted octanol–water partition coefficient (Wildman–Crippen LogP) is 4.81. The van der Waals surface area contributed by atoms with E-state index in [0.29, 0.717) is 5.92 Å². The highest BCUT2D eigenvalue weighted by Crippen LogP contribution is 2.28. The maximum Gasteiger partial charge on any atom is 0.0650 e. The van der Waals surface area contributed by atoms with Gasteiger partial charge in [-0.3, -0.25) is 4.98 Å². The summed E-state index contributed by atoms with van der Waals surface area (Å²) in [5, 5.41) is 0.814. The van der Waals surface area contributed by atoms with Crippen LogP contribution in [-0.4, -0.2) is 4.98 Å². The predicted molar refractivity (Wildman–Crippen MR) is 68.9 cm³/mol. The van der Waals surface area contributed by atoms with Crippen molar-refractivity contribution in [1.29, 1.82) is 0 Å². The Morgan fingerprint density at radius 3 is 1.87 bits per heavy atom. The first-order valence-electron chi connectivity index (χ1n) is 5.58. The quantitative estimate of drug-likeness (QED) is 0.671. The Kier molecular flexibility index (Phi) is 5.89. The first kappa shape index (κ1) is 14.4. The topological polar surface area (TPSA) is 12.9 Å². The van der Waals surface area contributed by atoms with E-state index in [-0.39, 0.29) is 0 Å². The fourth-order valence-corrected chi connectivity index (χ4v) is 2.02. The van der Waals surface area contributed by atoms with Gasteiger partial charge in [0.25, 0.3) is 0 Å². The standard InChI is InChI=1S/C11H16ClN.C2H6/c1-6(2)10-7(3)11(12)9(5)13-8(10)4;1-2/h6H,1-5H3;1-2H3. The molecular formula is C13H22ClN. The number of nitrogens with zero attached hydrogens (tertiary/aromatic N) is 1. The molecule has 0 radical (unpaired) electrons. The van der Waals surface area contributed by atoms with Crippen LogP contribution in [0, 0.1) is 20.8 Å². The molecule has 1 aromatic rings. The van der Waals surface area contributed by atoms with Crippen LogP contribution in [0.25, 0.3) is 0 Å². The Morgan fingerprint density at radius 1 is 1.00 bits per heavy atom. The lowest BCUT2D eigenvalue weighted by molar-refractivity contribution is 0.827. The number of aromatic nitrogens is 1. The van der Waals surface area contributed by atoms with Crippen molar-refractivity contribution < 1.29 is 0 Å². The number of halogens is 1. The van der Waals surface area contributed by atoms with Crippen molar-refractivity contribution in [3.05, 3.63) is 27.5 Å². The molecular weight excluding hydrogens is 206 g/mol. The van der Waals surface area contributed by atoms with Crippen LogP contribution in [0.15, 0.2) is 0 Å². The van der Waals surface area contributed by atoms with Gasteiger partial charge in [-0.15, -0.1) is 0 Å². The Balaban J connectivity index is 0.000000921. The van der Waals surface area contributed by atoms with Crippen LogP contribution >= 0.6 is 11.6 Å². The normalized spacial score (nSPS) is 9.93. The van der Waals surface area contributed by atoms with E-state index < -0.39 is 0 Å². The minimum atomic E-state index is 0.491. The van der Waals surface area contributed by atoms with E-state index in [1.54, 1.807) is 0 Å². The van der Waals surface area contributed by atoms with E-state index >= 15 is 0 Å². The number of aryl methyl sites for hydroxylation is 2. The molecule has 0 aliphatic carbocycles. The van der Waals surface area contributed by atoms with E-state index in [0.717, 1.165) is 16.4 Å². The van der Waals surface area contributed by atoms with Gasteiger partial charge in [-0.1, -0.05) is 39.3 Å². The second-order valence-electron chi connectivity index (χ2n) is 3.79. The van der Waals surface area contributed by atoms with Gasteiger partial charge >= 0.3 is 0 Å². The van der Waals surface area contributed by atoms with Crippen molar-refractivity contribution in [2.24, 2.45) is 0 Å². The zero-order valence-electron chi connectivity index (χ0n) is 10.9. The van der Waals surface area contributed by atoms with Crippen LogP contribution in [0.5, 0.6) is 0 Å². The molecule has 0 aliphatic heterocycles. The second kappa shape index (κ2) is 6.12. The number of pyridine rings is 1. The number of rotatable bonds is 1. The van der Waals surface area contributed by atoms with Gasteiger partial charge in [-0.2, -0.15) is 0 Å². The highest BCUT2D eigenvalue weighted by molar-refractivity contribution is 6.32. The fourth-order valence-electron chi connectivity index (χ4n) is 1.87. The lowest BCUT2D eigenvalue weighted by Crippen LogP contribution is -2.02. The molecule has 1 nitrogen and oxygen atoms in total. The summed E-state index contributed by atoms with van der Waals surface area (Å²) < 4.78 is 0. The highest BCUT2D eigenvalue weighted by Gasteiger charge is 2.12. The van der Waals surface area contributed by atoms with E-state index in [9.17, 15) is 0 Å². The number of hydrogen-bond acceptors (Lipinski definition) is 1. The van der Waals surface area contributed by atoms with E-state index in [2.05, 4.69) is 25.8 Å². The average Bonchev–Trinajstić information content (AvgIpc) is 2.17. The zero-order valence-corrected chi connectivity index (χ0v) is 11.7. The molecule has 0 N–H and O–H groups in total. The van der Waals surface area contributed by atoms with Crippen LogP contribution in [0.1, 0.15) is 56.1 Å². The van der Waals surface area contributed by atoms with E-state index in [4.69, 9.17) is 11.6 Å². The molecule has 15 heavy (non-hydrogen) atoms. The fraction of sp³-hybridized carbons (Fsp3) is 0.615. The van der Waals surface area contributed by atoms with Crippen LogP contribution in [-0.2, 0) is 0 Å². The van der Waals surface area contributed by atoms with Gasteiger partial charge in [0.05, 0.1) is 10.7 Å². The number of hydrogen-bond donors (Lipinski definition) is 0. The summed E-state index contributed by atoms with van der Waals surface area (Å²) in [7, 11) is 0. The third-order valence-corrected chi connectivity index (χ3v) is 2.91. The molecule has 0 spiro atoms. The summed E-state index contributed by atoms with van der Waals surface area (Å²) in [6.45, 7) is 14.4. The van der Waals surface area contributed by atoms with Gasteiger partial charge in [0, 0.05) is 5.69 Å². The molecule has 86 valence electrons. The van der Waals surface area contributed by atoms with E-state index in [1.807, 2.05) is 27.7 Å². The van der Waals surface area contributed by atoms with Gasteiger partial charge in [0.1, 0.15) is 0 Å². The minimum Gasteiger partial charge on any atom is -0.257 e. The maximum absolute atomic E-state index is 6.14. The smallest absolute Gasteiger partial charge is 0.0650 e. The minimum absolute atomic E-state index is 0.491. The average molecular weight is 228 g/mol. The molecule has 0 saturated heterocycles. The van der Waals surface area contributed by atoms with Crippen LogP contribution < -0.4 is 0 Å². The summed E-state index contributed by atoms with van der Waals surface area (Å²) in [5.41, 5.74) is 4.51. The molecule has 1 aromatic heterocycles. The molecule has 0 saturated carbocycles. The molecule has 0 aliphatic rings. The third kappa shape index (κ3) is 3.20. The Bertz CT molecular complexity index is 330. The summed E-state index contributed by atoms with van der Waals surface area (Å²) in [5.74, 6) is 0.491. The van der Waals surface area contributed by atoms with Crippen molar-refractivity contribution in [3.8, 4) is 0 Å². The summed E-state index contributed by atoms with van der Waals surface area (Å²) in [6.07, 6.45) is 0. The maximum atomic E-state index is 6.14. The van der Waals surface area contributed by atoms with Crippen molar-refractivity contribution in [2.45, 2.75) is 54.4 Å². The highest BCUT2D eigenvalue weighted by atomic mass is 35.5. The summed E-state index contributed by atoms with van der Waals surface area (Å²) in [4.78, 5) is 4.42. The van der Waals surface area contributed by atoms with Crippen LogP contribution in [0.3, 0.4) is 0 Å². The van der Waals surface area contributed by atoms with Gasteiger partial charge in [-0.05, 0) is 37.8 Å². The molecule has 1 rings (SSSR count). The van der Waals surface area contributed by atoms with E-state index in [1.165, 1.54) is 11.1 Å². The Morgan fingerprint density at radius 2 is 1.47 bits per heavy atom. The molecule has 2 heteroatoms. The van der Waals surface area contributed by atoms with Gasteiger partial charge in [-0.25, -0.2) is 0 Å². The molecule has 0 unspecified atom stereocenters. The van der Waals surface area contributed by atoms with Crippen LogP contribution in [0.2, 0.25) is 5.02 Å². The van der Waals surface area contributed by atoms with Gasteiger partial charge < -0.3 is 0 Å². The Labute approximate surface area is 98.9 Å². The van der Waals surface area contributed by atoms with Crippen molar-refractivity contribution >= 4 is 11.6 Å². The summed E-state index contributed by atoms with van der Waals surface area (Å²) in [6, 6.07) is 0. The molecule has 0 amide bonds. The molecule has 1 heterocycles. The molecule has 0 aromatic carbocycles. The lowest BCUT2D eigenvalue weighted by atomic mass is 9.96. The monoisotopic (exact) mass is 227 g/mol. The van der Waals surface area contributed by atoms with Crippen molar-refractivity contribution in [3.63, 3.8) is 0 Å². The summed E-state index contributed by atoms with van der Waals surface area (Å²) >= 11 is 6.14. The zero-order chi connectivity index (χ0) is 12.2. The molecule has 0 atom stereocenters. The molecule has 0 bridgehead atoms. The van der Waals surface area contributed by atoms with Gasteiger partial charge in [0.15, 0.2) is 0 Å². The first-order chi connectivity index (χ1) is 6.95. The second-order valence-corrected chi connectivity index (χ2v) is 4.17. The van der Waals surface area contributed by atoms with Crippen molar-refractivity contribution in [2.75, 3.05) is 0 Å². The largest absolute Gasteiger partial charge is 0.257 e. The molecule has 0 fully saturated rings. The third-order valence-electron chi connectivity index (χ3n) is 2.35.